The molecule has 16 heavy (non-hydrogen) atoms. The highest BCUT2D eigenvalue weighted by molar-refractivity contribution is 6.84. The predicted molar refractivity (Wildman–Crippen MR) is 73.1 cm³/mol. The van der Waals surface area contributed by atoms with Crippen LogP contribution in [0.15, 0.2) is 11.8 Å². The van der Waals surface area contributed by atoms with Crippen LogP contribution in [0, 0.1) is 11.8 Å². The van der Waals surface area contributed by atoms with E-state index in [4.69, 9.17) is 4.74 Å². The number of methoxy groups -OCH3 is 1. The molecule has 0 radical (unpaired) electrons. The summed E-state index contributed by atoms with van der Waals surface area (Å²) in [5.41, 5.74) is -0.180. The van der Waals surface area contributed by atoms with Gasteiger partial charge in [0.2, 0.25) is 0 Å². The van der Waals surface area contributed by atoms with E-state index in [0.717, 1.165) is 18.0 Å². The SMILES string of the molecule is C=C(C#CC1(OC)CCCCC1)[Si](C)(C)C. The second kappa shape index (κ2) is 5.20. The third-order valence-corrected chi connectivity index (χ3v) is 5.33. The lowest BCUT2D eigenvalue weighted by Crippen LogP contribution is -2.32. The molecule has 1 aliphatic rings. The fourth-order valence-electron chi connectivity index (χ4n) is 1.88. The zero-order valence-electron chi connectivity index (χ0n) is 11.2. The second-order valence-corrected chi connectivity index (χ2v) is 10.8. The molecule has 2 heteroatoms. The lowest BCUT2D eigenvalue weighted by molar-refractivity contribution is 0.0104. The highest BCUT2D eigenvalue weighted by Gasteiger charge is 2.29. The summed E-state index contributed by atoms with van der Waals surface area (Å²) in [5, 5.41) is 1.13. The van der Waals surface area contributed by atoms with E-state index in [-0.39, 0.29) is 5.60 Å². The molecule has 0 amide bonds. The van der Waals surface area contributed by atoms with Crippen LogP contribution in [0.1, 0.15) is 32.1 Å². The van der Waals surface area contributed by atoms with Crippen molar-refractivity contribution in [1.82, 2.24) is 0 Å². The van der Waals surface area contributed by atoms with E-state index in [0.29, 0.717) is 0 Å². The monoisotopic (exact) mass is 236 g/mol. The molecular weight excluding hydrogens is 212 g/mol. The van der Waals surface area contributed by atoms with Gasteiger partial charge in [-0.2, -0.15) is 0 Å². The van der Waals surface area contributed by atoms with E-state index in [1.54, 1.807) is 7.11 Å². The van der Waals surface area contributed by atoms with Crippen molar-refractivity contribution in [3.8, 4) is 11.8 Å². The van der Waals surface area contributed by atoms with Crippen molar-refractivity contribution in [2.24, 2.45) is 0 Å². The zero-order chi connectivity index (χ0) is 12.2. The first-order chi connectivity index (χ1) is 7.40. The quantitative estimate of drug-likeness (QED) is 0.524. The molecule has 1 saturated carbocycles. The van der Waals surface area contributed by atoms with Gasteiger partial charge < -0.3 is 4.74 Å². The average Bonchev–Trinajstić information content (AvgIpc) is 2.26. The molecule has 0 atom stereocenters. The summed E-state index contributed by atoms with van der Waals surface area (Å²) in [7, 11) is 0.475. The van der Waals surface area contributed by atoms with Gasteiger partial charge in [0.05, 0.1) is 8.07 Å². The summed E-state index contributed by atoms with van der Waals surface area (Å²) in [6.45, 7) is 11.0. The Morgan fingerprint density at radius 1 is 1.19 bits per heavy atom. The molecule has 1 fully saturated rings. The first kappa shape index (κ1) is 13.5. The minimum absolute atomic E-state index is 0.180. The molecule has 0 saturated heterocycles. The molecule has 0 unspecified atom stereocenters. The molecule has 0 aliphatic heterocycles. The molecule has 0 aromatic carbocycles. The summed E-state index contributed by atoms with van der Waals surface area (Å²) in [6, 6.07) is 0. The smallest absolute Gasteiger partial charge is 0.128 e. The van der Waals surface area contributed by atoms with Gasteiger partial charge in [0.1, 0.15) is 5.60 Å². The number of rotatable bonds is 2. The van der Waals surface area contributed by atoms with Crippen LogP contribution in [0.2, 0.25) is 19.6 Å². The Kier molecular flexibility index (Phi) is 4.40. The van der Waals surface area contributed by atoms with Gasteiger partial charge in [0.15, 0.2) is 0 Å². The van der Waals surface area contributed by atoms with Crippen LogP contribution in [0.5, 0.6) is 0 Å². The molecule has 0 aromatic heterocycles. The Bertz CT molecular complexity index is 308. The minimum atomic E-state index is -1.31. The molecule has 1 aliphatic carbocycles. The van der Waals surface area contributed by atoms with Crippen molar-refractivity contribution in [1.29, 1.82) is 0 Å². The second-order valence-electron chi connectivity index (χ2n) is 5.74. The Morgan fingerprint density at radius 3 is 2.19 bits per heavy atom. The lowest BCUT2D eigenvalue weighted by atomic mass is 9.85. The maximum Gasteiger partial charge on any atom is 0.128 e. The lowest BCUT2D eigenvalue weighted by Gasteiger charge is -2.31. The topological polar surface area (TPSA) is 9.23 Å². The van der Waals surface area contributed by atoms with Crippen LogP contribution in [-0.4, -0.2) is 20.8 Å². The predicted octanol–water partition coefficient (Wildman–Crippen LogP) is 3.77. The first-order valence-corrected chi connectivity index (χ1v) is 9.67. The van der Waals surface area contributed by atoms with Crippen LogP contribution in [0.25, 0.3) is 0 Å². The maximum atomic E-state index is 5.64. The third kappa shape index (κ3) is 3.50. The summed E-state index contributed by atoms with van der Waals surface area (Å²) in [4.78, 5) is 0. The van der Waals surface area contributed by atoms with Crippen molar-refractivity contribution in [3.05, 3.63) is 11.8 Å². The fraction of sp³-hybridized carbons (Fsp3) is 0.714. The van der Waals surface area contributed by atoms with Crippen molar-refractivity contribution >= 4 is 8.07 Å². The molecule has 0 heterocycles. The van der Waals surface area contributed by atoms with Gasteiger partial charge in [-0.25, -0.2) is 0 Å². The van der Waals surface area contributed by atoms with Gasteiger partial charge in [-0.15, -0.1) is 0 Å². The van der Waals surface area contributed by atoms with Crippen LogP contribution >= 0.6 is 0 Å². The molecule has 0 N–H and O–H groups in total. The largest absolute Gasteiger partial charge is 0.366 e. The van der Waals surface area contributed by atoms with E-state index in [1.165, 1.54) is 19.3 Å². The molecule has 1 nitrogen and oxygen atoms in total. The summed E-state index contributed by atoms with van der Waals surface area (Å²) >= 11 is 0. The van der Waals surface area contributed by atoms with Crippen LogP contribution in [0.4, 0.5) is 0 Å². The standard InChI is InChI=1S/C14H24OSi/c1-13(16(3,4)5)9-12-14(15-2)10-7-6-8-11-14/h1,6-8,10-11H2,2-5H3. The van der Waals surface area contributed by atoms with Gasteiger partial charge in [-0.05, 0) is 30.9 Å². The average molecular weight is 236 g/mol. The van der Waals surface area contributed by atoms with Crippen molar-refractivity contribution in [3.63, 3.8) is 0 Å². The van der Waals surface area contributed by atoms with Gasteiger partial charge in [-0.1, -0.05) is 44.5 Å². The highest BCUT2D eigenvalue weighted by Crippen LogP contribution is 2.30. The zero-order valence-corrected chi connectivity index (χ0v) is 12.2. The van der Waals surface area contributed by atoms with Gasteiger partial charge in [-0.3, -0.25) is 0 Å². The molecule has 1 rings (SSSR count). The van der Waals surface area contributed by atoms with Crippen LogP contribution < -0.4 is 0 Å². The molecule has 0 bridgehead atoms. The van der Waals surface area contributed by atoms with Gasteiger partial charge in [0.25, 0.3) is 0 Å². The van der Waals surface area contributed by atoms with E-state index in [1.807, 2.05) is 0 Å². The number of hydrogen-bond acceptors (Lipinski definition) is 1. The first-order valence-electron chi connectivity index (χ1n) is 6.17. The van der Waals surface area contributed by atoms with Crippen LogP contribution in [0.3, 0.4) is 0 Å². The number of ether oxygens (including phenoxy) is 1. The summed E-state index contributed by atoms with van der Waals surface area (Å²) in [5.74, 6) is 6.63. The summed E-state index contributed by atoms with van der Waals surface area (Å²) in [6.07, 6.45) is 5.95. The summed E-state index contributed by atoms with van der Waals surface area (Å²) < 4.78 is 5.64. The molecule has 90 valence electrons. The normalized spacial score (nSPS) is 19.8. The Hall–Kier alpha value is -0.523. The molecule has 0 spiro atoms. The van der Waals surface area contributed by atoms with Crippen LogP contribution in [-0.2, 0) is 4.74 Å². The van der Waals surface area contributed by atoms with Gasteiger partial charge >= 0.3 is 0 Å². The molecular formula is C14H24OSi. The van der Waals surface area contributed by atoms with Crippen molar-refractivity contribution < 1.29 is 4.74 Å². The highest BCUT2D eigenvalue weighted by atomic mass is 28.3. The maximum absolute atomic E-state index is 5.64. The van der Waals surface area contributed by atoms with E-state index >= 15 is 0 Å². The minimum Gasteiger partial charge on any atom is -0.366 e. The van der Waals surface area contributed by atoms with Crippen molar-refractivity contribution in [2.75, 3.05) is 7.11 Å². The third-order valence-electron chi connectivity index (χ3n) is 3.40. The van der Waals surface area contributed by atoms with E-state index in [9.17, 15) is 0 Å². The van der Waals surface area contributed by atoms with Gasteiger partial charge in [0, 0.05) is 7.11 Å². The van der Waals surface area contributed by atoms with E-state index < -0.39 is 8.07 Å². The fourth-order valence-corrected chi connectivity index (χ4v) is 2.32. The molecule has 0 aromatic rings. The Balaban J connectivity index is 2.77. The Labute approximate surface area is 101 Å². The van der Waals surface area contributed by atoms with Crippen molar-refractivity contribution in [2.45, 2.75) is 57.3 Å². The number of hydrogen-bond donors (Lipinski definition) is 0. The van der Waals surface area contributed by atoms with E-state index in [2.05, 4.69) is 38.1 Å². The Morgan fingerprint density at radius 2 is 1.75 bits per heavy atom. The number of allylic oxidation sites excluding steroid dienone is 1.